The smallest absolute Gasteiger partial charge is 0.253 e. The van der Waals surface area contributed by atoms with Crippen molar-refractivity contribution in [3.63, 3.8) is 0 Å². The van der Waals surface area contributed by atoms with Crippen molar-refractivity contribution < 1.29 is 9.59 Å². The quantitative estimate of drug-likeness (QED) is 0.867. The molecule has 1 N–H and O–H groups in total. The lowest BCUT2D eigenvalue weighted by Gasteiger charge is -2.18. The fourth-order valence-corrected chi connectivity index (χ4v) is 1.97. The molecule has 0 saturated heterocycles. The first-order valence-corrected chi connectivity index (χ1v) is 7.17. The largest absolute Gasteiger partial charge is 0.339 e. The number of rotatable bonds is 6. The summed E-state index contributed by atoms with van der Waals surface area (Å²) >= 11 is 0. The van der Waals surface area contributed by atoms with E-state index < -0.39 is 0 Å². The Kier molecular flexibility index (Phi) is 6.22. The van der Waals surface area contributed by atoms with Gasteiger partial charge in [0.15, 0.2) is 0 Å². The van der Waals surface area contributed by atoms with Gasteiger partial charge in [-0.05, 0) is 44.0 Å². The van der Waals surface area contributed by atoms with Gasteiger partial charge in [-0.15, -0.1) is 0 Å². The fraction of sp³-hybridized carbons (Fsp3) is 0.500. The molecule has 0 unspecified atom stereocenters. The second-order valence-electron chi connectivity index (χ2n) is 5.20. The minimum absolute atomic E-state index is 0.00261. The molecule has 1 aromatic carbocycles. The van der Waals surface area contributed by atoms with Gasteiger partial charge in [-0.25, -0.2) is 0 Å². The average molecular weight is 276 g/mol. The first-order chi connectivity index (χ1) is 9.47. The summed E-state index contributed by atoms with van der Waals surface area (Å²) in [7, 11) is 0. The molecule has 110 valence electrons. The van der Waals surface area contributed by atoms with Crippen molar-refractivity contribution in [1.29, 1.82) is 0 Å². The van der Waals surface area contributed by atoms with Gasteiger partial charge < -0.3 is 10.2 Å². The number of benzene rings is 1. The molecule has 0 radical (unpaired) electrons. The lowest BCUT2D eigenvalue weighted by molar-refractivity contribution is -0.116. The second kappa shape index (κ2) is 7.68. The monoisotopic (exact) mass is 276 g/mol. The van der Waals surface area contributed by atoms with Crippen LogP contribution in [0.3, 0.4) is 0 Å². The zero-order valence-electron chi connectivity index (χ0n) is 12.8. The zero-order chi connectivity index (χ0) is 15.1. The van der Waals surface area contributed by atoms with Crippen LogP contribution in [0.4, 0.5) is 5.69 Å². The maximum atomic E-state index is 12.1. The predicted molar refractivity (Wildman–Crippen MR) is 81.8 cm³/mol. The van der Waals surface area contributed by atoms with E-state index >= 15 is 0 Å². The van der Waals surface area contributed by atoms with Crippen molar-refractivity contribution in [3.8, 4) is 0 Å². The highest BCUT2D eigenvalue weighted by atomic mass is 16.2. The van der Waals surface area contributed by atoms with Crippen molar-refractivity contribution in [2.75, 3.05) is 18.4 Å². The molecule has 0 spiro atoms. The minimum Gasteiger partial charge on any atom is -0.339 e. The third-order valence-electron chi connectivity index (χ3n) is 3.06. The summed E-state index contributed by atoms with van der Waals surface area (Å²) in [5.74, 6) is 0.358. The Hall–Kier alpha value is -1.84. The first kappa shape index (κ1) is 16.2. The molecule has 0 heterocycles. The lowest BCUT2D eigenvalue weighted by Crippen LogP contribution is -2.30. The minimum atomic E-state index is 0.00261. The summed E-state index contributed by atoms with van der Waals surface area (Å²) in [4.78, 5) is 25.6. The highest BCUT2D eigenvalue weighted by Crippen LogP contribution is 2.13. The summed E-state index contributed by atoms with van der Waals surface area (Å²) in [6.07, 6.45) is 0.500. The number of hydrogen-bond donors (Lipinski definition) is 1. The van der Waals surface area contributed by atoms with Crippen molar-refractivity contribution >= 4 is 17.5 Å². The first-order valence-electron chi connectivity index (χ1n) is 7.17. The van der Waals surface area contributed by atoms with E-state index in [-0.39, 0.29) is 11.8 Å². The van der Waals surface area contributed by atoms with Gasteiger partial charge >= 0.3 is 0 Å². The van der Waals surface area contributed by atoms with Gasteiger partial charge in [0, 0.05) is 30.8 Å². The molecule has 4 heteroatoms. The van der Waals surface area contributed by atoms with Crippen LogP contribution in [0.15, 0.2) is 24.3 Å². The molecule has 0 saturated carbocycles. The number of carbonyl (C=O) groups excluding carboxylic acids is 2. The predicted octanol–water partition coefficient (Wildman–Crippen LogP) is 3.15. The third-order valence-corrected chi connectivity index (χ3v) is 3.06. The Balaban J connectivity index is 2.69. The third kappa shape index (κ3) is 4.68. The SMILES string of the molecule is CCN(CC)C(=O)c1ccc(NC(=O)CC(C)C)cc1. The van der Waals surface area contributed by atoms with Crippen molar-refractivity contribution in [3.05, 3.63) is 29.8 Å². The molecule has 0 aliphatic carbocycles. The Morgan fingerprint density at radius 3 is 2.10 bits per heavy atom. The van der Waals surface area contributed by atoms with Crippen LogP contribution in [0.2, 0.25) is 0 Å². The molecule has 1 aromatic rings. The molecule has 0 aromatic heterocycles. The lowest BCUT2D eigenvalue weighted by atomic mass is 10.1. The van der Waals surface area contributed by atoms with Crippen LogP contribution in [0, 0.1) is 5.92 Å². The molecule has 20 heavy (non-hydrogen) atoms. The highest BCUT2D eigenvalue weighted by Gasteiger charge is 2.12. The van der Waals surface area contributed by atoms with Crippen LogP contribution in [0.1, 0.15) is 44.5 Å². The summed E-state index contributed by atoms with van der Waals surface area (Å²) in [6, 6.07) is 7.06. The van der Waals surface area contributed by atoms with Crippen LogP contribution >= 0.6 is 0 Å². The Morgan fingerprint density at radius 1 is 1.10 bits per heavy atom. The van der Waals surface area contributed by atoms with E-state index in [0.717, 1.165) is 5.69 Å². The van der Waals surface area contributed by atoms with Crippen LogP contribution in [0.5, 0.6) is 0 Å². The molecular weight excluding hydrogens is 252 g/mol. The standard InChI is InChI=1S/C16H24N2O2/c1-5-18(6-2)16(20)13-7-9-14(10-8-13)17-15(19)11-12(3)4/h7-10,12H,5-6,11H2,1-4H3,(H,17,19). The van der Waals surface area contributed by atoms with Gasteiger partial charge in [0.05, 0.1) is 0 Å². The summed E-state index contributed by atoms with van der Waals surface area (Å²) in [5, 5.41) is 2.83. The number of nitrogens with one attached hydrogen (secondary N) is 1. The molecule has 0 bridgehead atoms. The van der Waals surface area contributed by atoms with Gasteiger partial charge in [-0.2, -0.15) is 0 Å². The van der Waals surface area contributed by atoms with Gasteiger partial charge in [-0.1, -0.05) is 13.8 Å². The molecule has 2 amide bonds. The maximum Gasteiger partial charge on any atom is 0.253 e. The molecule has 4 nitrogen and oxygen atoms in total. The van der Waals surface area contributed by atoms with E-state index in [2.05, 4.69) is 5.32 Å². The number of hydrogen-bond acceptors (Lipinski definition) is 2. The average Bonchev–Trinajstić information content (AvgIpc) is 2.39. The molecular formula is C16H24N2O2. The van der Waals surface area contributed by atoms with E-state index in [4.69, 9.17) is 0 Å². The van der Waals surface area contributed by atoms with Crippen molar-refractivity contribution in [2.45, 2.75) is 34.1 Å². The van der Waals surface area contributed by atoms with Crippen LogP contribution in [-0.2, 0) is 4.79 Å². The Bertz CT molecular complexity index is 448. The Morgan fingerprint density at radius 2 is 1.65 bits per heavy atom. The molecule has 1 rings (SSSR count). The van der Waals surface area contributed by atoms with E-state index in [1.807, 2.05) is 27.7 Å². The van der Waals surface area contributed by atoms with Crippen LogP contribution in [0.25, 0.3) is 0 Å². The fourth-order valence-electron chi connectivity index (χ4n) is 1.97. The molecule has 0 aliphatic heterocycles. The molecule has 0 atom stereocenters. The number of carbonyl (C=O) groups is 2. The normalized spacial score (nSPS) is 10.4. The van der Waals surface area contributed by atoms with E-state index in [1.165, 1.54) is 0 Å². The number of nitrogens with zero attached hydrogens (tertiary/aromatic N) is 1. The van der Waals surface area contributed by atoms with Gasteiger partial charge in [0.1, 0.15) is 0 Å². The van der Waals surface area contributed by atoms with E-state index in [0.29, 0.717) is 31.0 Å². The number of amides is 2. The summed E-state index contributed by atoms with van der Waals surface area (Å²) < 4.78 is 0. The zero-order valence-corrected chi connectivity index (χ0v) is 12.8. The van der Waals surface area contributed by atoms with Crippen LogP contribution in [-0.4, -0.2) is 29.8 Å². The van der Waals surface area contributed by atoms with Crippen molar-refractivity contribution in [2.24, 2.45) is 5.92 Å². The maximum absolute atomic E-state index is 12.1. The summed E-state index contributed by atoms with van der Waals surface area (Å²) in [6.45, 7) is 9.32. The van der Waals surface area contributed by atoms with Crippen LogP contribution < -0.4 is 5.32 Å². The molecule has 0 aliphatic rings. The second-order valence-corrected chi connectivity index (χ2v) is 5.20. The molecule has 0 fully saturated rings. The van der Waals surface area contributed by atoms with E-state index in [1.54, 1.807) is 29.2 Å². The highest BCUT2D eigenvalue weighted by molar-refractivity contribution is 5.95. The van der Waals surface area contributed by atoms with Gasteiger partial charge in [0.2, 0.25) is 5.91 Å². The number of anilines is 1. The Labute approximate surface area is 121 Å². The van der Waals surface area contributed by atoms with Gasteiger partial charge in [-0.3, -0.25) is 9.59 Å². The topological polar surface area (TPSA) is 49.4 Å². The summed E-state index contributed by atoms with van der Waals surface area (Å²) in [5.41, 5.74) is 1.38. The van der Waals surface area contributed by atoms with Crippen molar-refractivity contribution in [1.82, 2.24) is 4.90 Å². The van der Waals surface area contributed by atoms with Gasteiger partial charge in [0.25, 0.3) is 5.91 Å². The van der Waals surface area contributed by atoms with E-state index in [9.17, 15) is 9.59 Å².